The lowest BCUT2D eigenvalue weighted by Crippen LogP contribution is -2.14. The van der Waals surface area contributed by atoms with Gasteiger partial charge in [-0.25, -0.2) is 0 Å². The van der Waals surface area contributed by atoms with E-state index in [0.29, 0.717) is 117 Å². The van der Waals surface area contributed by atoms with Crippen molar-refractivity contribution in [3.05, 3.63) is 18.2 Å². The van der Waals surface area contributed by atoms with Crippen molar-refractivity contribution in [2.75, 3.05) is 120 Å². The number of phenolic OH excluding ortho intramolecular Hbond substituents is 1. The highest BCUT2D eigenvalue weighted by Gasteiger charge is 2.07. The van der Waals surface area contributed by atoms with Crippen LogP contribution in [0.15, 0.2) is 18.2 Å². The zero-order valence-electron chi connectivity index (χ0n) is 21.1. The van der Waals surface area contributed by atoms with Crippen molar-refractivity contribution in [3.63, 3.8) is 0 Å². The molecule has 1 aromatic rings. The lowest BCUT2D eigenvalue weighted by atomic mass is 10.3. The monoisotopic (exact) mass is 506 g/mol. The molecule has 0 bridgehead atoms. The SMILES string of the molecule is COCCOCCOCCOCCOc1ccc(O)cc1OCCOCCOCCOCCOC. The van der Waals surface area contributed by atoms with Crippen LogP contribution in [0.4, 0.5) is 0 Å². The minimum Gasteiger partial charge on any atom is -0.508 e. The number of benzene rings is 1. The number of rotatable bonds is 26. The molecule has 11 heteroatoms. The second kappa shape index (κ2) is 24.0. The second-order valence-corrected chi connectivity index (χ2v) is 6.99. The van der Waals surface area contributed by atoms with Gasteiger partial charge < -0.3 is 52.5 Å². The van der Waals surface area contributed by atoms with Crippen LogP contribution in [0.1, 0.15) is 0 Å². The summed E-state index contributed by atoms with van der Waals surface area (Å²) in [6, 6.07) is 4.70. The fourth-order valence-corrected chi connectivity index (χ4v) is 2.52. The summed E-state index contributed by atoms with van der Waals surface area (Å²) in [6.07, 6.45) is 0. The molecular weight excluding hydrogens is 464 g/mol. The average molecular weight is 507 g/mol. The van der Waals surface area contributed by atoms with E-state index in [9.17, 15) is 5.11 Å². The smallest absolute Gasteiger partial charge is 0.164 e. The molecule has 0 saturated carbocycles. The van der Waals surface area contributed by atoms with Crippen molar-refractivity contribution in [2.24, 2.45) is 0 Å². The number of hydrogen-bond donors (Lipinski definition) is 1. The summed E-state index contributed by atoms with van der Waals surface area (Å²) in [5.41, 5.74) is 0. The van der Waals surface area contributed by atoms with Gasteiger partial charge in [0.15, 0.2) is 11.5 Å². The molecule has 1 N–H and O–H groups in total. The highest BCUT2D eigenvalue weighted by Crippen LogP contribution is 2.30. The van der Waals surface area contributed by atoms with Crippen LogP contribution in [0.3, 0.4) is 0 Å². The zero-order chi connectivity index (χ0) is 25.2. The van der Waals surface area contributed by atoms with Gasteiger partial charge in [0, 0.05) is 20.3 Å². The quantitative estimate of drug-likeness (QED) is 0.185. The van der Waals surface area contributed by atoms with E-state index in [-0.39, 0.29) is 5.75 Å². The maximum absolute atomic E-state index is 9.75. The minimum absolute atomic E-state index is 0.0917. The molecule has 0 aliphatic heterocycles. The van der Waals surface area contributed by atoms with Gasteiger partial charge in [-0.1, -0.05) is 0 Å². The van der Waals surface area contributed by atoms with Crippen LogP contribution in [-0.2, 0) is 37.9 Å². The molecular formula is C24H42O11. The molecule has 0 spiro atoms. The first kappa shape index (κ1) is 31.3. The van der Waals surface area contributed by atoms with Crippen LogP contribution < -0.4 is 9.47 Å². The minimum atomic E-state index is 0.0917. The van der Waals surface area contributed by atoms with Crippen molar-refractivity contribution >= 4 is 0 Å². The summed E-state index contributed by atoms with van der Waals surface area (Å²) >= 11 is 0. The highest BCUT2D eigenvalue weighted by atomic mass is 16.6. The molecule has 0 aliphatic rings. The van der Waals surface area contributed by atoms with Crippen molar-refractivity contribution in [1.82, 2.24) is 0 Å². The number of phenols is 1. The molecule has 204 valence electrons. The molecule has 0 heterocycles. The summed E-state index contributed by atoms with van der Waals surface area (Å²) in [5, 5.41) is 9.75. The fraction of sp³-hybridized carbons (Fsp3) is 0.750. The van der Waals surface area contributed by atoms with Gasteiger partial charge in [0.05, 0.1) is 92.5 Å². The molecule has 35 heavy (non-hydrogen) atoms. The predicted octanol–water partition coefficient (Wildman–Crippen LogP) is 1.54. The highest BCUT2D eigenvalue weighted by molar-refractivity contribution is 5.45. The fourth-order valence-electron chi connectivity index (χ4n) is 2.52. The van der Waals surface area contributed by atoms with Crippen molar-refractivity contribution in [1.29, 1.82) is 0 Å². The molecule has 1 aromatic carbocycles. The van der Waals surface area contributed by atoms with Crippen LogP contribution in [0, 0.1) is 0 Å². The molecule has 0 fully saturated rings. The zero-order valence-corrected chi connectivity index (χ0v) is 21.1. The van der Waals surface area contributed by atoms with Gasteiger partial charge >= 0.3 is 0 Å². The summed E-state index contributed by atoms with van der Waals surface area (Å²) < 4.78 is 53.6. The first-order valence-corrected chi connectivity index (χ1v) is 11.8. The third-order valence-electron chi connectivity index (χ3n) is 4.25. The maximum Gasteiger partial charge on any atom is 0.164 e. The topological polar surface area (TPSA) is 113 Å². The Bertz CT molecular complexity index is 589. The predicted molar refractivity (Wildman–Crippen MR) is 128 cm³/mol. The van der Waals surface area contributed by atoms with Gasteiger partial charge in [0.1, 0.15) is 19.0 Å². The number of ether oxygens (including phenoxy) is 10. The van der Waals surface area contributed by atoms with E-state index in [1.165, 1.54) is 6.07 Å². The lowest BCUT2D eigenvalue weighted by molar-refractivity contribution is -0.000891. The molecule has 0 aromatic heterocycles. The van der Waals surface area contributed by atoms with E-state index in [0.717, 1.165) is 0 Å². The molecule has 0 aliphatic carbocycles. The second-order valence-electron chi connectivity index (χ2n) is 6.99. The molecule has 1 rings (SSSR count). The molecule has 0 saturated heterocycles. The van der Waals surface area contributed by atoms with E-state index >= 15 is 0 Å². The number of hydrogen-bond acceptors (Lipinski definition) is 11. The van der Waals surface area contributed by atoms with Gasteiger partial charge in [0.25, 0.3) is 0 Å². The molecule has 0 atom stereocenters. The first-order chi connectivity index (χ1) is 17.3. The third-order valence-corrected chi connectivity index (χ3v) is 4.25. The number of aromatic hydroxyl groups is 1. The summed E-state index contributed by atoms with van der Waals surface area (Å²) in [7, 11) is 3.27. The van der Waals surface area contributed by atoms with Crippen LogP contribution in [0.25, 0.3) is 0 Å². The van der Waals surface area contributed by atoms with Gasteiger partial charge in [-0.15, -0.1) is 0 Å². The summed E-state index contributed by atoms with van der Waals surface area (Å²) in [6.45, 7) is 7.63. The van der Waals surface area contributed by atoms with E-state index < -0.39 is 0 Å². The Hall–Kier alpha value is -1.70. The van der Waals surface area contributed by atoms with Crippen LogP contribution in [-0.4, -0.2) is 125 Å². The molecule has 0 unspecified atom stereocenters. The van der Waals surface area contributed by atoms with Gasteiger partial charge in [-0.2, -0.15) is 0 Å². The van der Waals surface area contributed by atoms with E-state index in [1.807, 2.05) is 0 Å². The summed E-state index contributed by atoms with van der Waals surface area (Å²) in [4.78, 5) is 0. The van der Waals surface area contributed by atoms with E-state index in [1.54, 1.807) is 26.4 Å². The lowest BCUT2D eigenvalue weighted by Gasteiger charge is -2.13. The van der Waals surface area contributed by atoms with E-state index in [4.69, 9.17) is 47.4 Å². The van der Waals surface area contributed by atoms with Crippen LogP contribution >= 0.6 is 0 Å². The van der Waals surface area contributed by atoms with Crippen molar-refractivity contribution in [2.45, 2.75) is 0 Å². The normalized spacial score (nSPS) is 11.1. The Kier molecular flexibility index (Phi) is 21.5. The Labute approximate surface area is 208 Å². The maximum atomic E-state index is 9.75. The molecule has 11 nitrogen and oxygen atoms in total. The Morgan fingerprint density at radius 2 is 0.800 bits per heavy atom. The Balaban J connectivity index is 2.04. The standard InChI is InChI=1S/C24H42O11/c1-26-5-7-28-9-11-30-13-15-32-17-19-34-23-4-3-22(25)21-24(23)35-20-18-33-16-14-31-12-10-29-8-6-27-2/h3-4,21,25H,5-20H2,1-2H3. The van der Waals surface area contributed by atoms with Crippen molar-refractivity contribution in [3.8, 4) is 17.2 Å². The van der Waals surface area contributed by atoms with Gasteiger partial charge in [0.2, 0.25) is 0 Å². The number of methoxy groups -OCH3 is 2. The van der Waals surface area contributed by atoms with Crippen LogP contribution in [0.5, 0.6) is 17.2 Å². The van der Waals surface area contributed by atoms with Gasteiger partial charge in [-0.3, -0.25) is 0 Å². The largest absolute Gasteiger partial charge is 0.508 e. The average Bonchev–Trinajstić information content (AvgIpc) is 2.86. The van der Waals surface area contributed by atoms with Crippen molar-refractivity contribution < 1.29 is 52.5 Å². The Morgan fingerprint density at radius 1 is 0.457 bits per heavy atom. The molecule has 0 amide bonds. The van der Waals surface area contributed by atoms with Gasteiger partial charge in [-0.05, 0) is 12.1 Å². The third kappa shape index (κ3) is 19.2. The van der Waals surface area contributed by atoms with Crippen LogP contribution in [0.2, 0.25) is 0 Å². The van der Waals surface area contributed by atoms with E-state index in [2.05, 4.69) is 0 Å². The molecule has 0 radical (unpaired) electrons. The summed E-state index contributed by atoms with van der Waals surface area (Å²) in [5.74, 6) is 1.05. The Morgan fingerprint density at radius 3 is 1.20 bits per heavy atom. The first-order valence-electron chi connectivity index (χ1n) is 11.8.